The number of H-pyrrole nitrogens is 1. The normalized spacial score (nSPS) is 11.2. The molecule has 3 aromatic carbocycles. The minimum atomic E-state index is 0.721. The summed E-state index contributed by atoms with van der Waals surface area (Å²) < 4.78 is 6.07. The molecule has 0 amide bonds. The summed E-state index contributed by atoms with van der Waals surface area (Å²) in [5, 5.41) is 2.25. The monoisotopic (exact) mass is 359 g/mol. The van der Waals surface area contributed by atoms with Crippen LogP contribution in [0.15, 0.2) is 60.7 Å². The third-order valence-electron chi connectivity index (χ3n) is 4.84. The van der Waals surface area contributed by atoms with E-state index in [0.29, 0.717) is 0 Å². The third kappa shape index (κ3) is 3.61. The molecule has 0 aliphatic carbocycles. The lowest BCUT2D eigenvalue weighted by Gasteiger charge is -2.17. The molecule has 4 aromatic rings. The Morgan fingerprint density at radius 2 is 1.74 bits per heavy atom. The number of nitrogens with zero attached hydrogens (tertiary/aromatic N) is 2. The van der Waals surface area contributed by atoms with Crippen molar-refractivity contribution in [1.82, 2.24) is 9.97 Å². The summed E-state index contributed by atoms with van der Waals surface area (Å²) in [6, 6.07) is 20.8. The molecule has 1 heterocycles. The number of imidazole rings is 1. The Morgan fingerprint density at radius 3 is 2.52 bits per heavy atom. The quantitative estimate of drug-likeness (QED) is 0.441. The summed E-state index contributed by atoms with van der Waals surface area (Å²) in [5.74, 6) is 1.88. The SMILES string of the molecule is CCCCOc1cc2[nH]c(CN(C)c3ccccc3)nc2c2ccccc12. The fraction of sp³-hybridized carbons (Fsp3) is 0.261. The van der Waals surface area contributed by atoms with Gasteiger partial charge in [-0.15, -0.1) is 0 Å². The third-order valence-corrected chi connectivity index (χ3v) is 4.84. The second-order valence-corrected chi connectivity index (χ2v) is 6.89. The smallest absolute Gasteiger partial charge is 0.129 e. The molecule has 0 spiro atoms. The van der Waals surface area contributed by atoms with Gasteiger partial charge in [-0.1, -0.05) is 55.8 Å². The number of anilines is 1. The lowest BCUT2D eigenvalue weighted by molar-refractivity contribution is 0.313. The minimum Gasteiger partial charge on any atom is -0.493 e. The van der Waals surface area contributed by atoms with Crippen molar-refractivity contribution >= 4 is 27.5 Å². The minimum absolute atomic E-state index is 0.721. The van der Waals surface area contributed by atoms with Crippen molar-refractivity contribution in [2.45, 2.75) is 26.3 Å². The summed E-state index contributed by atoms with van der Waals surface area (Å²) in [7, 11) is 2.08. The fourth-order valence-corrected chi connectivity index (χ4v) is 3.38. The molecule has 0 fully saturated rings. The van der Waals surface area contributed by atoms with E-state index in [9.17, 15) is 0 Å². The predicted octanol–water partition coefficient (Wildman–Crippen LogP) is 5.53. The first kappa shape index (κ1) is 17.4. The maximum atomic E-state index is 6.07. The Morgan fingerprint density at radius 1 is 1.00 bits per heavy atom. The standard InChI is InChI=1S/C23H25N3O/c1-3-4-14-27-21-15-20-23(19-13-9-8-12-18(19)21)25-22(24-20)16-26(2)17-10-6-5-7-11-17/h5-13,15H,3-4,14,16H2,1-2H3,(H,24,25). The van der Waals surface area contributed by atoms with Gasteiger partial charge in [-0.05, 0) is 18.6 Å². The maximum Gasteiger partial charge on any atom is 0.129 e. The average molecular weight is 359 g/mol. The van der Waals surface area contributed by atoms with E-state index < -0.39 is 0 Å². The van der Waals surface area contributed by atoms with E-state index in [2.05, 4.69) is 78.5 Å². The Hall–Kier alpha value is -3.01. The van der Waals surface area contributed by atoms with Gasteiger partial charge in [-0.2, -0.15) is 0 Å². The first-order valence-electron chi connectivity index (χ1n) is 9.55. The zero-order valence-corrected chi connectivity index (χ0v) is 15.9. The summed E-state index contributed by atoms with van der Waals surface area (Å²) >= 11 is 0. The molecule has 4 heteroatoms. The number of fused-ring (bicyclic) bond motifs is 3. The van der Waals surface area contributed by atoms with Crippen LogP contribution < -0.4 is 9.64 Å². The second kappa shape index (κ2) is 7.70. The molecule has 1 aromatic heterocycles. The molecule has 0 radical (unpaired) electrons. The Balaban J connectivity index is 1.70. The van der Waals surface area contributed by atoms with Crippen molar-refractivity contribution < 1.29 is 4.74 Å². The Bertz CT molecular complexity index is 1040. The van der Waals surface area contributed by atoms with Gasteiger partial charge < -0.3 is 14.6 Å². The van der Waals surface area contributed by atoms with Gasteiger partial charge in [0.2, 0.25) is 0 Å². The highest BCUT2D eigenvalue weighted by Gasteiger charge is 2.13. The van der Waals surface area contributed by atoms with Crippen LogP contribution in [0.2, 0.25) is 0 Å². The number of hydrogen-bond donors (Lipinski definition) is 1. The number of ether oxygens (including phenoxy) is 1. The maximum absolute atomic E-state index is 6.07. The number of rotatable bonds is 7. The van der Waals surface area contributed by atoms with Gasteiger partial charge in [0.25, 0.3) is 0 Å². The number of unbranched alkanes of at least 4 members (excludes halogenated alkanes) is 1. The molecule has 1 N–H and O–H groups in total. The van der Waals surface area contributed by atoms with Crippen LogP contribution in [0.4, 0.5) is 5.69 Å². The molecule has 0 bridgehead atoms. The highest BCUT2D eigenvalue weighted by molar-refractivity contribution is 6.07. The van der Waals surface area contributed by atoms with Crippen molar-refractivity contribution in [3.8, 4) is 5.75 Å². The van der Waals surface area contributed by atoms with E-state index in [1.807, 2.05) is 6.07 Å². The first-order chi connectivity index (χ1) is 13.3. The molecule has 138 valence electrons. The van der Waals surface area contributed by atoms with Crippen molar-refractivity contribution in [3.05, 3.63) is 66.5 Å². The number of aromatic amines is 1. The van der Waals surface area contributed by atoms with Crippen molar-refractivity contribution in [1.29, 1.82) is 0 Å². The number of aromatic nitrogens is 2. The van der Waals surface area contributed by atoms with E-state index in [1.54, 1.807) is 0 Å². The zero-order chi connectivity index (χ0) is 18.6. The van der Waals surface area contributed by atoms with Crippen LogP contribution in [-0.2, 0) is 6.54 Å². The Kier molecular flexibility index (Phi) is 4.97. The molecule has 4 rings (SSSR count). The second-order valence-electron chi connectivity index (χ2n) is 6.89. The lowest BCUT2D eigenvalue weighted by atomic mass is 10.1. The molecule has 0 aliphatic rings. The number of nitrogens with one attached hydrogen (secondary N) is 1. The highest BCUT2D eigenvalue weighted by atomic mass is 16.5. The summed E-state index contributed by atoms with van der Waals surface area (Å²) in [5.41, 5.74) is 3.20. The van der Waals surface area contributed by atoms with Crippen LogP contribution in [-0.4, -0.2) is 23.6 Å². The van der Waals surface area contributed by atoms with Gasteiger partial charge >= 0.3 is 0 Å². The van der Waals surface area contributed by atoms with Crippen LogP contribution in [0.5, 0.6) is 5.75 Å². The summed E-state index contributed by atoms with van der Waals surface area (Å²) in [4.78, 5) is 10.6. The van der Waals surface area contributed by atoms with E-state index in [0.717, 1.165) is 59.4 Å². The lowest BCUT2D eigenvalue weighted by Crippen LogP contribution is -2.16. The van der Waals surface area contributed by atoms with Crippen molar-refractivity contribution in [2.75, 3.05) is 18.6 Å². The van der Waals surface area contributed by atoms with E-state index in [-0.39, 0.29) is 0 Å². The van der Waals surface area contributed by atoms with Crippen LogP contribution in [0.1, 0.15) is 25.6 Å². The van der Waals surface area contributed by atoms with Gasteiger partial charge in [0.15, 0.2) is 0 Å². The molecular weight excluding hydrogens is 334 g/mol. The van der Waals surface area contributed by atoms with E-state index >= 15 is 0 Å². The number of para-hydroxylation sites is 1. The number of hydrogen-bond acceptors (Lipinski definition) is 3. The topological polar surface area (TPSA) is 41.1 Å². The molecule has 0 saturated heterocycles. The van der Waals surface area contributed by atoms with Gasteiger partial charge in [0.05, 0.1) is 24.2 Å². The van der Waals surface area contributed by atoms with E-state index in [1.165, 1.54) is 5.69 Å². The highest BCUT2D eigenvalue weighted by Crippen LogP contribution is 2.32. The fourth-order valence-electron chi connectivity index (χ4n) is 3.38. The largest absolute Gasteiger partial charge is 0.493 e. The zero-order valence-electron chi connectivity index (χ0n) is 15.9. The summed E-state index contributed by atoms with van der Waals surface area (Å²) in [6.07, 6.45) is 2.18. The molecular formula is C23H25N3O. The van der Waals surface area contributed by atoms with Crippen molar-refractivity contribution in [3.63, 3.8) is 0 Å². The van der Waals surface area contributed by atoms with Gasteiger partial charge in [-0.25, -0.2) is 4.98 Å². The first-order valence-corrected chi connectivity index (χ1v) is 9.55. The van der Waals surface area contributed by atoms with Crippen LogP contribution >= 0.6 is 0 Å². The molecule has 4 nitrogen and oxygen atoms in total. The van der Waals surface area contributed by atoms with Crippen molar-refractivity contribution in [2.24, 2.45) is 0 Å². The molecule has 0 atom stereocenters. The van der Waals surface area contributed by atoms with E-state index in [4.69, 9.17) is 9.72 Å². The molecule has 27 heavy (non-hydrogen) atoms. The van der Waals surface area contributed by atoms with Crippen LogP contribution in [0.3, 0.4) is 0 Å². The molecule has 0 aliphatic heterocycles. The van der Waals surface area contributed by atoms with Gasteiger partial charge in [-0.3, -0.25) is 0 Å². The predicted molar refractivity (Wildman–Crippen MR) is 113 cm³/mol. The van der Waals surface area contributed by atoms with Gasteiger partial charge in [0, 0.05) is 29.6 Å². The average Bonchev–Trinajstić information content (AvgIpc) is 3.11. The molecule has 0 unspecified atom stereocenters. The Labute approximate surface area is 159 Å². The summed E-state index contributed by atoms with van der Waals surface area (Å²) in [6.45, 7) is 3.64. The molecule has 0 saturated carbocycles. The van der Waals surface area contributed by atoms with Crippen LogP contribution in [0, 0.1) is 0 Å². The van der Waals surface area contributed by atoms with Crippen LogP contribution in [0.25, 0.3) is 21.8 Å². The number of benzene rings is 3. The van der Waals surface area contributed by atoms with Gasteiger partial charge in [0.1, 0.15) is 11.6 Å².